The molecule has 6 nitrogen and oxygen atoms in total. The molecule has 0 radical (unpaired) electrons. The molecular weight excluding hydrogens is 370 g/mol. The number of fused-ring (bicyclic) bond motifs is 1. The lowest BCUT2D eigenvalue weighted by Gasteiger charge is -2.12. The van der Waals surface area contributed by atoms with Crippen molar-refractivity contribution in [1.82, 2.24) is 5.32 Å². The van der Waals surface area contributed by atoms with E-state index in [4.69, 9.17) is 25.8 Å². The Bertz CT molecular complexity index is 880. The summed E-state index contributed by atoms with van der Waals surface area (Å²) in [5, 5.41) is 3.24. The molecule has 2 aromatic carbocycles. The lowest BCUT2D eigenvalue weighted by molar-refractivity contribution is -0.150. The molecule has 1 amide bonds. The number of carbonyl (C=O) groups is 2. The first-order valence-electron chi connectivity index (χ1n) is 8.32. The number of ether oxygens (including phenoxy) is 3. The summed E-state index contributed by atoms with van der Waals surface area (Å²) in [6.45, 7) is 1.99. The Morgan fingerprint density at radius 2 is 2.00 bits per heavy atom. The van der Waals surface area contributed by atoms with Crippen molar-refractivity contribution in [3.8, 4) is 11.5 Å². The van der Waals surface area contributed by atoms with Crippen LogP contribution in [-0.2, 0) is 20.9 Å². The molecule has 7 heteroatoms. The van der Waals surface area contributed by atoms with E-state index < -0.39 is 18.0 Å². The van der Waals surface area contributed by atoms with Gasteiger partial charge in [0.2, 0.25) is 6.79 Å². The quantitative estimate of drug-likeness (QED) is 0.608. The molecule has 140 valence electrons. The van der Waals surface area contributed by atoms with Gasteiger partial charge in [0.25, 0.3) is 5.91 Å². The van der Waals surface area contributed by atoms with Gasteiger partial charge in [-0.1, -0.05) is 35.9 Å². The monoisotopic (exact) mass is 387 g/mol. The van der Waals surface area contributed by atoms with Gasteiger partial charge in [-0.3, -0.25) is 4.79 Å². The zero-order valence-corrected chi connectivity index (χ0v) is 15.4. The van der Waals surface area contributed by atoms with E-state index in [0.29, 0.717) is 22.1 Å². The second-order valence-electron chi connectivity index (χ2n) is 5.84. The first-order chi connectivity index (χ1) is 13.0. The van der Waals surface area contributed by atoms with Crippen molar-refractivity contribution in [3.63, 3.8) is 0 Å². The van der Waals surface area contributed by atoms with Crippen molar-refractivity contribution in [1.29, 1.82) is 0 Å². The minimum Gasteiger partial charge on any atom is -0.454 e. The summed E-state index contributed by atoms with van der Waals surface area (Å²) in [6, 6.07) is 12.5. The number of benzene rings is 2. The summed E-state index contributed by atoms with van der Waals surface area (Å²) in [6.07, 6.45) is 1.85. The first kappa shape index (κ1) is 18.8. The Balaban J connectivity index is 1.48. The van der Waals surface area contributed by atoms with E-state index in [9.17, 15) is 9.59 Å². The Morgan fingerprint density at radius 3 is 2.81 bits per heavy atom. The van der Waals surface area contributed by atoms with E-state index >= 15 is 0 Å². The van der Waals surface area contributed by atoms with Gasteiger partial charge in [0, 0.05) is 17.6 Å². The van der Waals surface area contributed by atoms with Crippen molar-refractivity contribution >= 4 is 29.6 Å². The molecule has 0 aromatic heterocycles. The highest BCUT2D eigenvalue weighted by Gasteiger charge is 2.17. The predicted octanol–water partition coefficient (Wildman–Crippen LogP) is 3.33. The van der Waals surface area contributed by atoms with Crippen LogP contribution in [0.5, 0.6) is 11.5 Å². The lowest BCUT2D eigenvalue weighted by atomic mass is 10.2. The maximum atomic E-state index is 12.1. The summed E-state index contributed by atoms with van der Waals surface area (Å²) in [4.78, 5) is 24.0. The normalized spacial score (nSPS) is 13.4. The maximum Gasteiger partial charge on any atom is 0.331 e. The Kier molecular flexibility index (Phi) is 5.98. The summed E-state index contributed by atoms with van der Waals surface area (Å²) < 4.78 is 15.6. The van der Waals surface area contributed by atoms with Crippen LogP contribution in [0.4, 0.5) is 0 Å². The van der Waals surface area contributed by atoms with Gasteiger partial charge in [-0.05, 0) is 42.3 Å². The molecule has 27 heavy (non-hydrogen) atoms. The number of amides is 1. The number of rotatable bonds is 6. The zero-order chi connectivity index (χ0) is 19.2. The average molecular weight is 388 g/mol. The van der Waals surface area contributed by atoms with Crippen LogP contribution in [0.25, 0.3) is 6.08 Å². The second kappa shape index (κ2) is 8.60. The zero-order valence-electron chi connectivity index (χ0n) is 14.6. The van der Waals surface area contributed by atoms with Gasteiger partial charge < -0.3 is 19.5 Å². The molecule has 0 saturated carbocycles. The second-order valence-corrected chi connectivity index (χ2v) is 6.25. The number of halogens is 1. The van der Waals surface area contributed by atoms with Gasteiger partial charge in [0.05, 0.1) is 0 Å². The molecule has 2 aromatic rings. The molecule has 1 atom stereocenters. The molecule has 1 N–H and O–H groups in total. The average Bonchev–Trinajstić information content (AvgIpc) is 3.13. The molecule has 0 spiro atoms. The van der Waals surface area contributed by atoms with Crippen LogP contribution < -0.4 is 14.8 Å². The van der Waals surface area contributed by atoms with Crippen LogP contribution >= 0.6 is 11.6 Å². The minimum absolute atomic E-state index is 0.194. The van der Waals surface area contributed by atoms with Crippen LogP contribution in [0.3, 0.4) is 0 Å². The van der Waals surface area contributed by atoms with Crippen molar-refractivity contribution in [2.24, 2.45) is 0 Å². The third-order valence-electron chi connectivity index (χ3n) is 3.87. The van der Waals surface area contributed by atoms with Gasteiger partial charge >= 0.3 is 5.97 Å². The third-order valence-corrected chi connectivity index (χ3v) is 4.21. The Hall–Kier alpha value is -2.99. The van der Waals surface area contributed by atoms with Crippen molar-refractivity contribution in [2.75, 3.05) is 6.79 Å². The summed E-state index contributed by atoms with van der Waals surface area (Å²) >= 11 is 6.01. The van der Waals surface area contributed by atoms with Crippen LogP contribution in [0, 0.1) is 0 Å². The lowest BCUT2D eigenvalue weighted by Crippen LogP contribution is -2.35. The van der Waals surface area contributed by atoms with E-state index in [-0.39, 0.29) is 13.3 Å². The number of hydrogen-bond donors (Lipinski definition) is 1. The fraction of sp³-hybridized carbons (Fsp3) is 0.200. The molecule has 0 saturated heterocycles. The summed E-state index contributed by atoms with van der Waals surface area (Å²) in [7, 11) is 0. The third kappa shape index (κ3) is 5.01. The standard InChI is InChI=1S/C20H18ClNO5/c1-13(27-19(23)9-7-15-4-2-3-5-16(15)21)20(24)22-11-14-6-8-17-18(10-14)26-12-25-17/h2-10,13H,11-12H2,1H3,(H,22,24)/b9-7+/t13-/m0/s1. The van der Waals surface area contributed by atoms with Gasteiger partial charge in [0.15, 0.2) is 17.6 Å². The van der Waals surface area contributed by atoms with Gasteiger partial charge in [0.1, 0.15) is 0 Å². The summed E-state index contributed by atoms with van der Waals surface area (Å²) in [5.41, 5.74) is 1.54. The molecule has 0 fully saturated rings. The van der Waals surface area contributed by atoms with Crippen LogP contribution in [0.1, 0.15) is 18.1 Å². The van der Waals surface area contributed by atoms with Gasteiger partial charge in [-0.25, -0.2) is 4.79 Å². The van der Waals surface area contributed by atoms with E-state index in [1.807, 2.05) is 12.1 Å². The Labute approximate surface area is 161 Å². The molecule has 3 rings (SSSR count). The SMILES string of the molecule is C[C@H](OC(=O)/C=C/c1ccccc1Cl)C(=O)NCc1ccc2c(c1)OCO2. The number of nitrogens with one attached hydrogen (secondary N) is 1. The predicted molar refractivity (Wildman–Crippen MR) is 100 cm³/mol. The molecule has 1 heterocycles. The van der Waals surface area contributed by atoms with Crippen LogP contribution in [-0.4, -0.2) is 24.8 Å². The van der Waals surface area contributed by atoms with Crippen molar-refractivity contribution in [2.45, 2.75) is 19.6 Å². The van der Waals surface area contributed by atoms with E-state index in [1.54, 1.807) is 36.4 Å². The highest BCUT2D eigenvalue weighted by atomic mass is 35.5. The van der Waals surface area contributed by atoms with Gasteiger partial charge in [-0.2, -0.15) is 0 Å². The highest BCUT2D eigenvalue weighted by Crippen LogP contribution is 2.32. The molecular formula is C20H18ClNO5. The molecule has 1 aliphatic rings. The maximum absolute atomic E-state index is 12.1. The van der Waals surface area contributed by atoms with Crippen molar-refractivity contribution < 1.29 is 23.8 Å². The van der Waals surface area contributed by atoms with Crippen LogP contribution in [0.2, 0.25) is 5.02 Å². The first-order valence-corrected chi connectivity index (χ1v) is 8.70. The van der Waals surface area contributed by atoms with E-state index in [2.05, 4.69) is 5.32 Å². The number of esters is 1. The van der Waals surface area contributed by atoms with Crippen molar-refractivity contribution in [3.05, 3.63) is 64.7 Å². The molecule has 0 unspecified atom stereocenters. The van der Waals surface area contributed by atoms with E-state index in [0.717, 1.165) is 5.56 Å². The molecule has 1 aliphatic heterocycles. The topological polar surface area (TPSA) is 73.9 Å². The fourth-order valence-electron chi connectivity index (χ4n) is 2.42. The molecule has 0 aliphatic carbocycles. The number of carbonyl (C=O) groups excluding carboxylic acids is 2. The van der Waals surface area contributed by atoms with Gasteiger partial charge in [-0.15, -0.1) is 0 Å². The number of hydrogen-bond acceptors (Lipinski definition) is 5. The van der Waals surface area contributed by atoms with E-state index in [1.165, 1.54) is 13.0 Å². The molecule has 0 bridgehead atoms. The highest BCUT2D eigenvalue weighted by molar-refractivity contribution is 6.32. The van der Waals surface area contributed by atoms with Crippen LogP contribution in [0.15, 0.2) is 48.5 Å². The Morgan fingerprint density at radius 1 is 1.22 bits per heavy atom. The smallest absolute Gasteiger partial charge is 0.331 e. The fourth-order valence-corrected chi connectivity index (χ4v) is 2.62. The minimum atomic E-state index is -0.928. The largest absolute Gasteiger partial charge is 0.454 e. The summed E-state index contributed by atoms with van der Waals surface area (Å²) in [5.74, 6) is 0.302.